The first-order valence-electron chi connectivity index (χ1n) is 9.27. The molecule has 0 spiro atoms. The second kappa shape index (κ2) is 14.1. The number of para-hydroxylation sites is 1. The van der Waals surface area contributed by atoms with Crippen molar-refractivity contribution in [2.75, 3.05) is 26.9 Å². The molecule has 0 aliphatic rings. The molecule has 0 fully saturated rings. The highest BCUT2D eigenvalue weighted by atomic mass is 32.2. The number of sulfonamides is 1. The van der Waals surface area contributed by atoms with Crippen molar-refractivity contribution < 1.29 is 42.8 Å². The molecule has 176 valence electrons. The van der Waals surface area contributed by atoms with Crippen LogP contribution in [0.5, 0.6) is 5.75 Å². The van der Waals surface area contributed by atoms with Crippen molar-refractivity contribution in [2.45, 2.75) is 17.2 Å². The van der Waals surface area contributed by atoms with E-state index in [0.29, 0.717) is 5.75 Å². The third-order valence-electron chi connectivity index (χ3n) is 3.65. The lowest BCUT2D eigenvalue weighted by atomic mass is 10.3. The Hall–Kier alpha value is -3.03. The second-order valence-corrected chi connectivity index (χ2v) is 7.95. The molecule has 2 aromatic rings. The maximum atomic E-state index is 12.4. The van der Waals surface area contributed by atoms with Crippen LogP contribution in [0.2, 0.25) is 0 Å². The molecule has 2 unspecified atom stereocenters. The lowest BCUT2D eigenvalue weighted by Crippen LogP contribution is -2.50. The fraction of sp³-hybridized carbons (Fsp3) is 0.300. The van der Waals surface area contributed by atoms with E-state index in [-0.39, 0.29) is 24.7 Å². The molecule has 5 N–H and O–H groups in total. The summed E-state index contributed by atoms with van der Waals surface area (Å²) in [4.78, 5) is 18.4. The Morgan fingerprint density at radius 2 is 1.47 bits per heavy atom. The minimum Gasteiger partial charge on any atom is -0.491 e. The van der Waals surface area contributed by atoms with Crippen LogP contribution in [0.3, 0.4) is 0 Å². The van der Waals surface area contributed by atoms with Gasteiger partial charge in [-0.3, -0.25) is 5.32 Å². The minimum atomic E-state index is -3.69. The molecular formula is C20H26N2O9S. The molecule has 0 amide bonds. The Balaban J connectivity index is 0.000000751. The third-order valence-corrected chi connectivity index (χ3v) is 5.14. The van der Waals surface area contributed by atoms with Gasteiger partial charge in [-0.15, -0.1) is 0 Å². The first-order valence-corrected chi connectivity index (χ1v) is 10.8. The highest BCUT2D eigenvalue weighted by molar-refractivity contribution is 7.89. The molecule has 11 nitrogen and oxygen atoms in total. The van der Waals surface area contributed by atoms with Crippen LogP contribution in [0.25, 0.3) is 0 Å². The summed E-state index contributed by atoms with van der Waals surface area (Å²) in [5, 5.41) is 27.8. The first kappa shape index (κ1) is 27.0. The summed E-state index contributed by atoms with van der Waals surface area (Å²) in [5.41, 5.74) is 0. The van der Waals surface area contributed by atoms with Gasteiger partial charge < -0.3 is 24.8 Å². The van der Waals surface area contributed by atoms with Gasteiger partial charge in [0.2, 0.25) is 10.0 Å². The Morgan fingerprint density at radius 1 is 0.938 bits per heavy atom. The van der Waals surface area contributed by atoms with Gasteiger partial charge >= 0.3 is 11.9 Å². The van der Waals surface area contributed by atoms with E-state index < -0.39 is 34.2 Å². The van der Waals surface area contributed by atoms with Gasteiger partial charge in [-0.05, 0) is 24.3 Å². The number of carboxylic acids is 2. The van der Waals surface area contributed by atoms with Gasteiger partial charge in [0, 0.05) is 13.7 Å². The van der Waals surface area contributed by atoms with Crippen LogP contribution in [0.1, 0.15) is 0 Å². The standard InChI is InChI=1S/C18H24N2O5S.C2H2O4/c1-24-14-18(20-26(22,23)17-10-6-3-7-11-17)19-12-15(21)13-25-16-8-4-2-5-9-16;3-1(4)2(5)6/h2-11,15,18-21H,12-14H2,1H3;(H,3,4)(H,5,6). The van der Waals surface area contributed by atoms with Gasteiger partial charge in [-0.1, -0.05) is 36.4 Å². The fourth-order valence-corrected chi connectivity index (χ4v) is 3.38. The maximum absolute atomic E-state index is 12.4. The van der Waals surface area contributed by atoms with Gasteiger partial charge in [0.15, 0.2) is 0 Å². The number of hydrogen-bond acceptors (Lipinski definition) is 8. The SMILES string of the molecule is COCC(NCC(O)COc1ccccc1)NS(=O)(=O)c1ccccc1.O=C(O)C(=O)O. The lowest BCUT2D eigenvalue weighted by Gasteiger charge is -2.21. The molecule has 0 saturated heterocycles. The summed E-state index contributed by atoms with van der Waals surface area (Å²) in [6, 6.07) is 17.2. The molecule has 0 aliphatic carbocycles. The zero-order valence-corrected chi connectivity index (χ0v) is 18.1. The zero-order chi connectivity index (χ0) is 24.0. The van der Waals surface area contributed by atoms with Gasteiger partial charge in [0.05, 0.1) is 17.7 Å². The number of nitrogens with one attached hydrogen (secondary N) is 2. The van der Waals surface area contributed by atoms with Crippen LogP contribution in [0.15, 0.2) is 65.6 Å². The average Bonchev–Trinajstić information content (AvgIpc) is 2.77. The largest absolute Gasteiger partial charge is 0.491 e. The second-order valence-electron chi connectivity index (χ2n) is 6.24. The predicted octanol–water partition coefficient (Wildman–Crippen LogP) is 0.123. The average molecular weight is 471 g/mol. The molecular weight excluding hydrogens is 444 g/mol. The van der Waals surface area contributed by atoms with Gasteiger partial charge in [-0.25, -0.2) is 18.0 Å². The fourth-order valence-electron chi connectivity index (χ4n) is 2.20. The van der Waals surface area contributed by atoms with Crippen LogP contribution in [0.4, 0.5) is 0 Å². The van der Waals surface area contributed by atoms with Crippen LogP contribution in [-0.2, 0) is 24.3 Å². The van der Waals surface area contributed by atoms with Crippen LogP contribution in [0, 0.1) is 0 Å². The summed E-state index contributed by atoms with van der Waals surface area (Å²) in [6.45, 7) is 0.332. The van der Waals surface area contributed by atoms with E-state index >= 15 is 0 Å². The number of hydrogen-bond donors (Lipinski definition) is 5. The molecule has 0 aromatic heterocycles. The maximum Gasteiger partial charge on any atom is 0.414 e. The molecule has 12 heteroatoms. The zero-order valence-electron chi connectivity index (χ0n) is 17.2. The summed E-state index contributed by atoms with van der Waals surface area (Å²) < 4.78 is 37.8. The Labute approximate surface area is 185 Å². The Bertz CT molecular complexity index is 913. The van der Waals surface area contributed by atoms with Crippen LogP contribution < -0.4 is 14.8 Å². The van der Waals surface area contributed by atoms with Gasteiger partial charge in [0.25, 0.3) is 0 Å². The number of carboxylic acid groups (broad SMARTS) is 2. The highest BCUT2D eigenvalue weighted by Gasteiger charge is 2.20. The number of benzene rings is 2. The lowest BCUT2D eigenvalue weighted by molar-refractivity contribution is -0.159. The summed E-state index contributed by atoms with van der Waals surface area (Å²) in [5.74, 6) is -2.99. The van der Waals surface area contributed by atoms with Crippen molar-refractivity contribution in [3.8, 4) is 5.75 Å². The predicted molar refractivity (Wildman–Crippen MR) is 114 cm³/mol. The minimum absolute atomic E-state index is 0.0855. The van der Waals surface area contributed by atoms with Crippen molar-refractivity contribution in [1.82, 2.24) is 10.0 Å². The quantitative estimate of drug-likeness (QED) is 0.224. The molecule has 0 bridgehead atoms. The van der Waals surface area contributed by atoms with Crippen LogP contribution >= 0.6 is 0 Å². The topological polar surface area (TPSA) is 171 Å². The molecule has 0 heterocycles. The van der Waals surface area contributed by atoms with Gasteiger partial charge in [0.1, 0.15) is 18.5 Å². The monoisotopic (exact) mass is 470 g/mol. The number of rotatable bonds is 11. The van der Waals surface area contributed by atoms with Gasteiger partial charge in [-0.2, -0.15) is 4.72 Å². The van der Waals surface area contributed by atoms with Crippen molar-refractivity contribution >= 4 is 22.0 Å². The third kappa shape index (κ3) is 10.8. The molecule has 32 heavy (non-hydrogen) atoms. The van der Waals surface area contributed by atoms with E-state index in [0.717, 1.165) is 0 Å². The number of carbonyl (C=O) groups is 2. The number of aliphatic hydroxyl groups excluding tert-OH is 1. The molecule has 2 aromatic carbocycles. The highest BCUT2D eigenvalue weighted by Crippen LogP contribution is 2.09. The molecule has 2 rings (SSSR count). The normalized spacial score (nSPS) is 12.7. The number of aliphatic carboxylic acids is 2. The summed E-state index contributed by atoms with van der Waals surface area (Å²) in [6.07, 6.45) is -1.49. The van der Waals surface area contributed by atoms with Crippen molar-refractivity contribution in [1.29, 1.82) is 0 Å². The molecule has 0 saturated carbocycles. The molecule has 0 radical (unpaired) electrons. The number of aliphatic hydroxyl groups is 1. The number of methoxy groups -OCH3 is 1. The molecule has 2 atom stereocenters. The van der Waals surface area contributed by atoms with Crippen molar-refractivity contribution in [3.63, 3.8) is 0 Å². The summed E-state index contributed by atoms with van der Waals surface area (Å²) >= 11 is 0. The molecule has 0 aliphatic heterocycles. The van der Waals surface area contributed by atoms with Crippen LogP contribution in [-0.4, -0.2) is 74.8 Å². The van der Waals surface area contributed by atoms with E-state index in [1.165, 1.54) is 19.2 Å². The Morgan fingerprint density at radius 3 is 1.97 bits per heavy atom. The first-order chi connectivity index (χ1) is 15.2. The van der Waals surface area contributed by atoms with E-state index in [1.807, 2.05) is 18.2 Å². The van der Waals surface area contributed by atoms with E-state index in [1.54, 1.807) is 30.3 Å². The van der Waals surface area contributed by atoms with E-state index in [4.69, 9.17) is 29.3 Å². The smallest absolute Gasteiger partial charge is 0.414 e. The summed E-state index contributed by atoms with van der Waals surface area (Å²) in [7, 11) is -2.22. The Kier molecular flexibility index (Phi) is 11.9. The van der Waals surface area contributed by atoms with E-state index in [9.17, 15) is 13.5 Å². The van der Waals surface area contributed by atoms with Crippen molar-refractivity contribution in [2.24, 2.45) is 0 Å². The van der Waals surface area contributed by atoms with E-state index in [2.05, 4.69) is 10.0 Å². The number of ether oxygens (including phenoxy) is 2. The van der Waals surface area contributed by atoms with Crippen molar-refractivity contribution in [3.05, 3.63) is 60.7 Å².